The first-order valence-electron chi connectivity index (χ1n) is 8.78. The normalized spacial score (nSPS) is 26.4. The van der Waals surface area contributed by atoms with Gasteiger partial charge in [0.15, 0.2) is 0 Å². The SMILES string of the molecule is CC1(C)CC[C@@H](N2CCCN(S(=O)(=O)c3ccc(F)cc3)CC2)C1. The van der Waals surface area contributed by atoms with Crippen molar-refractivity contribution in [3.05, 3.63) is 30.1 Å². The molecule has 1 aromatic rings. The summed E-state index contributed by atoms with van der Waals surface area (Å²) >= 11 is 0. The van der Waals surface area contributed by atoms with E-state index in [-0.39, 0.29) is 4.90 Å². The second-order valence-corrected chi connectivity index (χ2v) is 9.75. The van der Waals surface area contributed by atoms with Crippen LogP contribution >= 0.6 is 0 Å². The molecule has 1 aromatic carbocycles. The predicted octanol–water partition coefficient (Wildman–Crippen LogP) is 3.10. The summed E-state index contributed by atoms with van der Waals surface area (Å²) in [6, 6.07) is 5.70. The van der Waals surface area contributed by atoms with Crippen molar-refractivity contribution in [2.24, 2.45) is 5.41 Å². The number of rotatable bonds is 3. The van der Waals surface area contributed by atoms with Crippen molar-refractivity contribution in [2.45, 2.75) is 50.5 Å². The summed E-state index contributed by atoms with van der Waals surface area (Å²) in [5.41, 5.74) is 0.400. The van der Waals surface area contributed by atoms with E-state index >= 15 is 0 Å². The molecule has 0 unspecified atom stereocenters. The maximum Gasteiger partial charge on any atom is 0.243 e. The Balaban J connectivity index is 1.68. The predicted molar refractivity (Wildman–Crippen MR) is 92.8 cm³/mol. The van der Waals surface area contributed by atoms with Crippen molar-refractivity contribution in [2.75, 3.05) is 26.2 Å². The lowest BCUT2D eigenvalue weighted by atomic mass is 9.91. The second kappa shape index (κ2) is 6.73. The first-order valence-corrected chi connectivity index (χ1v) is 10.2. The first kappa shape index (κ1) is 17.8. The fraction of sp³-hybridized carbons (Fsp3) is 0.667. The van der Waals surface area contributed by atoms with Crippen LogP contribution in [0.4, 0.5) is 4.39 Å². The first-order chi connectivity index (χ1) is 11.3. The van der Waals surface area contributed by atoms with E-state index in [4.69, 9.17) is 0 Å². The Morgan fingerprint density at radius 1 is 1.08 bits per heavy atom. The fourth-order valence-corrected chi connectivity index (χ4v) is 5.46. The van der Waals surface area contributed by atoms with Crippen LogP contribution in [0.1, 0.15) is 39.5 Å². The highest BCUT2D eigenvalue weighted by atomic mass is 32.2. The molecular weight excluding hydrogens is 327 g/mol. The molecule has 1 saturated heterocycles. The summed E-state index contributed by atoms with van der Waals surface area (Å²) in [6.07, 6.45) is 4.48. The number of hydrogen-bond acceptors (Lipinski definition) is 3. The number of nitrogens with zero attached hydrogens (tertiary/aromatic N) is 2. The van der Waals surface area contributed by atoms with Gasteiger partial charge in [-0.25, -0.2) is 12.8 Å². The summed E-state index contributed by atoms with van der Waals surface area (Å²) in [7, 11) is -3.53. The van der Waals surface area contributed by atoms with Crippen molar-refractivity contribution >= 4 is 10.0 Å². The van der Waals surface area contributed by atoms with Gasteiger partial charge in [0, 0.05) is 25.7 Å². The van der Waals surface area contributed by atoms with Crippen LogP contribution in [0.15, 0.2) is 29.2 Å². The number of halogens is 1. The molecule has 0 radical (unpaired) electrons. The van der Waals surface area contributed by atoms with E-state index in [9.17, 15) is 12.8 Å². The molecule has 2 fully saturated rings. The van der Waals surface area contributed by atoms with Crippen LogP contribution in [0.25, 0.3) is 0 Å². The zero-order valence-electron chi connectivity index (χ0n) is 14.5. The minimum Gasteiger partial charge on any atom is -0.299 e. The minimum absolute atomic E-state index is 0.180. The number of sulfonamides is 1. The van der Waals surface area contributed by atoms with Crippen molar-refractivity contribution < 1.29 is 12.8 Å². The second-order valence-electron chi connectivity index (χ2n) is 7.81. The topological polar surface area (TPSA) is 40.6 Å². The lowest BCUT2D eigenvalue weighted by Crippen LogP contribution is -2.38. The number of benzene rings is 1. The van der Waals surface area contributed by atoms with Crippen LogP contribution in [-0.4, -0.2) is 49.8 Å². The Morgan fingerprint density at radius 2 is 1.79 bits per heavy atom. The average molecular weight is 354 g/mol. The van der Waals surface area contributed by atoms with Gasteiger partial charge in [0.1, 0.15) is 5.82 Å². The summed E-state index contributed by atoms with van der Waals surface area (Å²) in [4.78, 5) is 2.65. The Labute approximate surface area is 144 Å². The largest absolute Gasteiger partial charge is 0.299 e. The molecule has 1 aliphatic carbocycles. The van der Waals surface area contributed by atoms with Crippen molar-refractivity contribution in [1.82, 2.24) is 9.21 Å². The molecule has 0 bridgehead atoms. The molecule has 2 aliphatic rings. The highest BCUT2D eigenvalue weighted by Crippen LogP contribution is 2.39. The van der Waals surface area contributed by atoms with Gasteiger partial charge in [-0.15, -0.1) is 0 Å². The number of hydrogen-bond donors (Lipinski definition) is 0. The summed E-state index contributed by atoms with van der Waals surface area (Å²) in [6.45, 7) is 7.41. The van der Waals surface area contributed by atoms with Gasteiger partial charge >= 0.3 is 0 Å². The van der Waals surface area contributed by atoms with E-state index in [0.717, 1.165) is 19.5 Å². The summed E-state index contributed by atoms with van der Waals surface area (Å²) < 4.78 is 40.1. The molecule has 1 saturated carbocycles. The Hall–Kier alpha value is -0.980. The maximum atomic E-state index is 13.1. The smallest absolute Gasteiger partial charge is 0.243 e. The Bertz CT molecular complexity index is 673. The molecule has 3 rings (SSSR count). The van der Waals surface area contributed by atoms with E-state index in [0.29, 0.717) is 24.5 Å². The van der Waals surface area contributed by atoms with Gasteiger partial charge in [-0.05, 0) is 61.9 Å². The van der Waals surface area contributed by atoms with E-state index in [1.165, 1.54) is 43.5 Å². The van der Waals surface area contributed by atoms with Crippen molar-refractivity contribution in [3.63, 3.8) is 0 Å². The standard InChI is InChI=1S/C18H27FN2O2S/c1-18(2)9-8-16(14-18)20-10-3-11-21(13-12-20)24(22,23)17-6-4-15(19)5-7-17/h4-7,16H,3,8-14H2,1-2H3/t16-/m1/s1. The van der Waals surface area contributed by atoms with Crippen LogP contribution < -0.4 is 0 Å². The third-order valence-electron chi connectivity index (χ3n) is 5.40. The monoisotopic (exact) mass is 354 g/mol. The van der Waals surface area contributed by atoms with Crippen LogP contribution in [0.3, 0.4) is 0 Å². The molecule has 4 nitrogen and oxygen atoms in total. The molecular formula is C18H27FN2O2S. The van der Waals surface area contributed by atoms with Gasteiger partial charge in [-0.3, -0.25) is 4.90 Å². The highest BCUT2D eigenvalue weighted by Gasteiger charge is 2.36. The molecule has 24 heavy (non-hydrogen) atoms. The molecule has 0 amide bonds. The minimum atomic E-state index is -3.53. The van der Waals surface area contributed by atoms with E-state index in [1.807, 2.05) is 0 Å². The molecule has 1 atom stereocenters. The zero-order chi connectivity index (χ0) is 17.4. The summed E-state index contributed by atoms with van der Waals surface area (Å²) in [5, 5.41) is 0. The van der Waals surface area contributed by atoms with E-state index in [1.54, 1.807) is 4.31 Å². The zero-order valence-corrected chi connectivity index (χ0v) is 15.4. The lowest BCUT2D eigenvalue weighted by molar-refractivity contribution is 0.195. The molecule has 0 N–H and O–H groups in total. The Morgan fingerprint density at radius 3 is 2.42 bits per heavy atom. The maximum absolute atomic E-state index is 13.1. The lowest BCUT2D eigenvalue weighted by Gasteiger charge is -2.28. The van der Waals surface area contributed by atoms with Gasteiger partial charge in [-0.2, -0.15) is 4.31 Å². The van der Waals surface area contributed by atoms with Crippen LogP contribution in [-0.2, 0) is 10.0 Å². The molecule has 134 valence electrons. The quantitative estimate of drug-likeness (QED) is 0.837. The van der Waals surface area contributed by atoms with E-state index < -0.39 is 15.8 Å². The van der Waals surface area contributed by atoms with Gasteiger partial charge in [0.25, 0.3) is 0 Å². The molecule has 0 aromatic heterocycles. The molecule has 1 heterocycles. The molecule has 1 aliphatic heterocycles. The third-order valence-corrected chi connectivity index (χ3v) is 7.31. The Kier molecular flexibility index (Phi) is 5.00. The highest BCUT2D eigenvalue weighted by molar-refractivity contribution is 7.89. The van der Waals surface area contributed by atoms with Crippen LogP contribution in [0, 0.1) is 11.2 Å². The van der Waals surface area contributed by atoms with Crippen LogP contribution in [0.5, 0.6) is 0 Å². The molecule has 0 spiro atoms. The van der Waals surface area contributed by atoms with E-state index in [2.05, 4.69) is 18.7 Å². The van der Waals surface area contributed by atoms with Crippen LogP contribution in [0.2, 0.25) is 0 Å². The fourth-order valence-electron chi connectivity index (χ4n) is 3.99. The van der Waals surface area contributed by atoms with Gasteiger partial charge < -0.3 is 0 Å². The van der Waals surface area contributed by atoms with Gasteiger partial charge in [0.05, 0.1) is 4.90 Å². The van der Waals surface area contributed by atoms with Crippen molar-refractivity contribution in [3.8, 4) is 0 Å². The summed E-state index contributed by atoms with van der Waals surface area (Å²) in [5.74, 6) is -0.417. The third kappa shape index (κ3) is 3.81. The molecule has 6 heteroatoms. The van der Waals surface area contributed by atoms with Gasteiger partial charge in [-0.1, -0.05) is 13.8 Å². The van der Waals surface area contributed by atoms with Crippen molar-refractivity contribution in [1.29, 1.82) is 0 Å². The van der Waals surface area contributed by atoms with Gasteiger partial charge in [0.2, 0.25) is 10.0 Å². The average Bonchev–Trinajstić information content (AvgIpc) is 2.74.